The van der Waals surface area contributed by atoms with E-state index in [1.165, 1.54) is 0 Å². The number of rotatable bonds is 8. The molecule has 0 amide bonds. The van der Waals surface area contributed by atoms with Gasteiger partial charge in [-0.3, -0.25) is 4.79 Å². The Morgan fingerprint density at radius 1 is 1.45 bits per heavy atom. The van der Waals surface area contributed by atoms with Crippen LogP contribution in [0.2, 0.25) is 0 Å². The summed E-state index contributed by atoms with van der Waals surface area (Å²) in [7, 11) is 0. The topological polar surface area (TPSA) is 75.5 Å². The number of carbonyl (C=O) groups is 1. The first-order chi connectivity index (χ1) is 9.42. The van der Waals surface area contributed by atoms with Crippen molar-refractivity contribution < 1.29 is 14.6 Å². The molecule has 1 aromatic heterocycles. The highest BCUT2D eigenvalue weighted by Crippen LogP contribution is 2.16. The zero-order valence-electron chi connectivity index (χ0n) is 12.6. The number of carboxylic acid groups (broad SMARTS) is 1. The summed E-state index contributed by atoms with van der Waals surface area (Å²) >= 11 is 0. The van der Waals surface area contributed by atoms with Gasteiger partial charge in [-0.25, -0.2) is 4.98 Å². The van der Waals surface area contributed by atoms with Crippen molar-refractivity contribution in [3.63, 3.8) is 0 Å². The number of anilines is 1. The number of nitrogens with zero attached hydrogens (tertiary/aromatic N) is 3. The molecule has 112 valence electrons. The molecule has 0 unspecified atom stereocenters. The Morgan fingerprint density at radius 3 is 2.70 bits per heavy atom. The third-order valence-electron chi connectivity index (χ3n) is 2.47. The summed E-state index contributed by atoms with van der Waals surface area (Å²) in [5.74, 6) is 0.325. The van der Waals surface area contributed by atoms with Crippen molar-refractivity contribution in [2.45, 2.75) is 34.1 Å². The number of ether oxygens (including phenoxy) is 1. The van der Waals surface area contributed by atoms with Crippen LogP contribution in [0.4, 0.5) is 5.95 Å². The van der Waals surface area contributed by atoms with Gasteiger partial charge in [-0.15, -0.1) is 0 Å². The number of aryl methyl sites for hydroxylation is 1. The Bertz CT molecular complexity index is 449. The van der Waals surface area contributed by atoms with Crippen LogP contribution in [-0.2, 0) is 4.79 Å². The van der Waals surface area contributed by atoms with Gasteiger partial charge < -0.3 is 14.7 Å². The average molecular weight is 281 g/mol. The summed E-state index contributed by atoms with van der Waals surface area (Å²) in [5.41, 5.74) is 0.764. The van der Waals surface area contributed by atoms with Crippen LogP contribution < -0.4 is 9.64 Å². The van der Waals surface area contributed by atoms with E-state index in [1.54, 1.807) is 11.0 Å². The molecule has 6 nitrogen and oxygen atoms in total. The Hall–Kier alpha value is -1.85. The van der Waals surface area contributed by atoms with E-state index >= 15 is 0 Å². The van der Waals surface area contributed by atoms with Crippen LogP contribution in [-0.4, -0.2) is 40.7 Å². The van der Waals surface area contributed by atoms with E-state index in [0.29, 0.717) is 30.9 Å². The van der Waals surface area contributed by atoms with Crippen molar-refractivity contribution in [3.05, 3.63) is 11.8 Å². The SMILES string of the molecule is CCCOc1cc(C)nc(N(CC(=O)O)CC(C)C)n1. The minimum absolute atomic E-state index is 0.116. The van der Waals surface area contributed by atoms with Crippen molar-refractivity contribution in [1.82, 2.24) is 9.97 Å². The van der Waals surface area contributed by atoms with Crippen LogP contribution in [0.5, 0.6) is 5.88 Å². The van der Waals surface area contributed by atoms with Crippen LogP contribution in [0.3, 0.4) is 0 Å². The second kappa shape index (κ2) is 7.67. The molecular formula is C14H23N3O3. The number of aliphatic carboxylic acids is 1. The summed E-state index contributed by atoms with van der Waals surface area (Å²) < 4.78 is 5.51. The van der Waals surface area contributed by atoms with Crippen molar-refractivity contribution >= 4 is 11.9 Å². The Labute approximate surface area is 119 Å². The van der Waals surface area contributed by atoms with Gasteiger partial charge in [0.15, 0.2) is 0 Å². The average Bonchev–Trinajstić information content (AvgIpc) is 2.33. The molecule has 6 heteroatoms. The van der Waals surface area contributed by atoms with E-state index in [-0.39, 0.29) is 6.54 Å². The highest BCUT2D eigenvalue weighted by atomic mass is 16.5. The molecule has 0 saturated heterocycles. The van der Waals surface area contributed by atoms with E-state index in [1.807, 2.05) is 27.7 Å². The molecule has 0 atom stereocenters. The Kier molecular flexibility index (Phi) is 6.21. The first kappa shape index (κ1) is 16.2. The fourth-order valence-electron chi connectivity index (χ4n) is 1.77. The van der Waals surface area contributed by atoms with Crippen LogP contribution >= 0.6 is 0 Å². The molecule has 0 bridgehead atoms. The van der Waals surface area contributed by atoms with Crippen LogP contribution in [0.25, 0.3) is 0 Å². The summed E-state index contributed by atoms with van der Waals surface area (Å²) in [5, 5.41) is 9.01. The second-order valence-corrected chi connectivity index (χ2v) is 5.16. The van der Waals surface area contributed by atoms with Crippen LogP contribution in [0.1, 0.15) is 32.9 Å². The summed E-state index contributed by atoms with van der Waals surface area (Å²) in [4.78, 5) is 21.3. The molecule has 0 aliphatic rings. The molecule has 0 aromatic carbocycles. The quantitative estimate of drug-likeness (QED) is 0.786. The van der Waals surface area contributed by atoms with E-state index < -0.39 is 5.97 Å². The summed E-state index contributed by atoms with van der Waals surface area (Å²) in [6.07, 6.45) is 0.892. The molecule has 1 heterocycles. The monoisotopic (exact) mass is 281 g/mol. The standard InChI is InChI=1S/C14H23N3O3/c1-5-6-20-12-7-11(4)15-14(16-12)17(8-10(2)3)9-13(18)19/h7,10H,5-6,8-9H2,1-4H3,(H,18,19). The third-order valence-corrected chi connectivity index (χ3v) is 2.47. The molecule has 0 radical (unpaired) electrons. The van der Waals surface area contributed by atoms with Gasteiger partial charge in [0.1, 0.15) is 6.54 Å². The van der Waals surface area contributed by atoms with Crippen LogP contribution in [0.15, 0.2) is 6.07 Å². The molecular weight excluding hydrogens is 258 g/mol. The molecule has 1 aromatic rings. The van der Waals surface area contributed by atoms with Crippen molar-refractivity contribution in [2.75, 3.05) is 24.6 Å². The molecule has 0 aliphatic heterocycles. The summed E-state index contributed by atoms with van der Waals surface area (Å²) in [6, 6.07) is 1.76. The summed E-state index contributed by atoms with van der Waals surface area (Å²) in [6.45, 7) is 8.97. The highest BCUT2D eigenvalue weighted by molar-refractivity contribution is 5.72. The van der Waals surface area contributed by atoms with Gasteiger partial charge in [-0.05, 0) is 19.3 Å². The lowest BCUT2D eigenvalue weighted by atomic mass is 10.2. The Balaban J connectivity index is 2.98. The van der Waals surface area contributed by atoms with Crippen LogP contribution in [0, 0.1) is 12.8 Å². The lowest BCUT2D eigenvalue weighted by Gasteiger charge is -2.23. The van der Waals surface area contributed by atoms with E-state index in [2.05, 4.69) is 9.97 Å². The maximum atomic E-state index is 11.0. The van der Waals surface area contributed by atoms with Gasteiger partial charge in [0.25, 0.3) is 0 Å². The molecule has 0 aliphatic carbocycles. The van der Waals surface area contributed by atoms with Gasteiger partial charge in [0.05, 0.1) is 6.61 Å². The predicted molar refractivity (Wildman–Crippen MR) is 77.2 cm³/mol. The van der Waals surface area contributed by atoms with Crippen molar-refractivity contribution in [1.29, 1.82) is 0 Å². The Morgan fingerprint density at radius 2 is 2.15 bits per heavy atom. The maximum absolute atomic E-state index is 11.0. The molecule has 0 spiro atoms. The molecule has 0 fully saturated rings. The smallest absolute Gasteiger partial charge is 0.323 e. The second-order valence-electron chi connectivity index (χ2n) is 5.16. The number of hydrogen-bond donors (Lipinski definition) is 1. The maximum Gasteiger partial charge on any atom is 0.323 e. The lowest BCUT2D eigenvalue weighted by Crippen LogP contribution is -2.34. The van der Waals surface area contributed by atoms with E-state index in [0.717, 1.165) is 12.1 Å². The minimum Gasteiger partial charge on any atom is -0.480 e. The van der Waals surface area contributed by atoms with E-state index in [9.17, 15) is 4.79 Å². The van der Waals surface area contributed by atoms with Crippen molar-refractivity contribution in [2.24, 2.45) is 5.92 Å². The first-order valence-corrected chi connectivity index (χ1v) is 6.87. The first-order valence-electron chi connectivity index (χ1n) is 6.87. The zero-order valence-corrected chi connectivity index (χ0v) is 12.6. The number of hydrogen-bond acceptors (Lipinski definition) is 5. The molecule has 0 saturated carbocycles. The fraction of sp³-hybridized carbons (Fsp3) is 0.643. The fourth-order valence-corrected chi connectivity index (χ4v) is 1.77. The minimum atomic E-state index is -0.896. The zero-order chi connectivity index (χ0) is 15.1. The highest BCUT2D eigenvalue weighted by Gasteiger charge is 2.16. The third kappa shape index (κ3) is 5.42. The number of aromatic nitrogens is 2. The normalized spacial score (nSPS) is 10.7. The van der Waals surface area contributed by atoms with Gasteiger partial charge in [-0.1, -0.05) is 20.8 Å². The van der Waals surface area contributed by atoms with Crippen molar-refractivity contribution in [3.8, 4) is 5.88 Å². The largest absolute Gasteiger partial charge is 0.480 e. The lowest BCUT2D eigenvalue weighted by molar-refractivity contribution is -0.135. The van der Waals surface area contributed by atoms with Gasteiger partial charge >= 0.3 is 5.97 Å². The van der Waals surface area contributed by atoms with Gasteiger partial charge in [0.2, 0.25) is 11.8 Å². The molecule has 1 N–H and O–H groups in total. The number of carboxylic acids is 1. The predicted octanol–water partition coefficient (Wildman–Crippen LogP) is 2.12. The van der Waals surface area contributed by atoms with E-state index in [4.69, 9.17) is 9.84 Å². The molecule has 20 heavy (non-hydrogen) atoms. The molecule has 1 rings (SSSR count). The van der Waals surface area contributed by atoms with Gasteiger partial charge in [-0.2, -0.15) is 4.98 Å². The van der Waals surface area contributed by atoms with Gasteiger partial charge in [0, 0.05) is 18.3 Å².